The minimum Gasteiger partial charge on any atom is -0.496 e. The lowest BCUT2D eigenvalue weighted by Gasteiger charge is -2.21. The predicted molar refractivity (Wildman–Crippen MR) is 95.3 cm³/mol. The van der Waals surface area contributed by atoms with Crippen LogP contribution in [0.4, 0.5) is 0 Å². The molecule has 0 saturated heterocycles. The van der Waals surface area contributed by atoms with Gasteiger partial charge in [0.1, 0.15) is 11.8 Å². The van der Waals surface area contributed by atoms with Gasteiger partial charge in [0.25, 0.3) is 5.91 Å². The van der Waals surface area contributed by atoms with Crippen molar-refractivity contribution in [3.8, 4) is 5.75 Å². The maximum Gasteiger partial charge on any atom is 0.262 e. The van der Waals surface area contributed by atoms with Crippen LogP contribution < -0.4 is 15.4 Å². The summed E-state index contributed by atoms with van der Waals surface area (Å²) in [6.45, 7) is 4.16. The van der Waals surface area contributed by atoms with Crippen molar-refractivity contribution in [1.82, 2.24) is 10.6 Å². The number of amides is 2. The van der Waals surface area contributed by atoms with Crippen molar-refractivity contribution < 1.29 is 14.3 Å². The van der Waals surface area contributed by atoms with E-state index in [1.807, 2.05) is 49.6 Å². The van der Waals surface area contributed by atoms with Gasteiger partial charge in [-0.1, -0.05) is 38.1 Å². The van der Waals surface area contributed by atoms with Gasteiger partial charge in [0.15, 0.2) is 0 Å². The Bertz CT molecular complexity index is 683. The lowest BCUT2D eigenvalue weighted by atomic mass is 10.0. The molecule has 1 unspecified atom stereocenters. The Morgan fingerprint density at radius 1 is 1.17 bits per heavy atom. The Morgan fingerprint density at radius 3 is 2.54 bits per heavy atom. The summed E-state index contributed by atoms with van der Waals surface area (Å²) in [6.07, 6.45) is 0. The molecule has 2 rings (SSSR count). The van der Waals surface area contributed by atoms with Gasteiger partial charge in [0, 0.05) is 12.1 Å². The van der Waals surface area contributed by atoms with E-state index in [9.17, 15) is 9.59 Å². The molecule has 6 heteroatoms. The number of hydrogen-bond acceptors (Lipinski definition) is 4. The normalized spacial score (nSPS) is 11.8. The van der Waals surface area contributed by atoms with Gasteiger partial charge >= 0.3 is 0 Å². The lowest BCUT2D eigenvalue weighted by molar-refractivity contribution is -0.124. The molecule has 1 aromatic carbocycles. The molecule has 1 aromatic heterocycles. The fourth-order valence-corrected chi connectivity index (χ4v) is 2.92. The highest BCUT2D eigenvalue weighted by Crippen LogP contribution is 2.17. The SMILES string of the molecule is COc1ccccc1CNC(=O)C(NC(=O)c1cccs1)C(C)C. The molecule has 0 saturated carbocycles. The van der Waals surface area contributed by atoms with Gasteiger partial charge in [-0.3, -0.25) is 9.59 Å². The van der Waals surface area contributed by atoms with E-state index in [1.54, 1.807) is 13.2 Å². The Morgan fingerprint density at radius 2 is 1.92 bits per heavy atom. The molecule has 0 aliphatic rings. The van der Waals surface area contributed by atoms with E-state index < -0.39 is 6.04 Å². The van der Waals surface area contributed by atoms with Crippen molar-refractivity contribution in [1.29, 1.82) is 0 Å². The number of para-hydroxylation sites is 1. The molecule has 2 amide bonds. The maximum atomic E-state index is 12.5. The summed E-state index contributed by atoms with van der Waals surface area (Å²) in [5.74, 6) is 0.269. The van der Waals surface area contributed by atoms with Crippen LogP contribution in [0.5, 0.6) is 5.75 Å². The lowest BCUT2D eigenvalue weighted by Crippen LogP contribution is -2.49. The van der Waals surface area contributed by atoms with Gasteiger partial charge in [0.05, 0.1) is 12.0 Å². The Kier molecular flexibility index (Phi) is 6.37. The third-order valence-corrected chi connectivity index (χ3v) is 4.49. The van der Waals surface area contributed by atoms with E-state index in [-0.39, 0.29) is 17.7 Å². The molecule has 2 N–H and O–H groups in total. The molecule has 1 atom stereocenters. The van der Waals surface area contributed by atoms with E-state index in [0.717, 1.165) is 11.3 Å². The summed E-state index contributed by atoms with van der Waals surface area (Å²) in [5.41, 5.74) is 0.889. The van der Waals surface area contributed by atoms with Crippen LogP contribution in [0.15, 0.2) is 41.8 Å². The molecule has 128 valence electrons. The highest BCUT2D eigenvalue weighted by molar-refractivity contribution is 7.12. The summed E-state index contributed by atoms with van der Waals surface area (Å²) in [6, 6.07) is 10.5. The smallest absolute Gasteiger partial charge is 0.262 e. The first-order valence-corrected chi connectivity index (χ1v) is 8.65. The minimum atomic E-state index is -0.589. The van der Waals surface area contributed by atoms with E-state index in [4.69, 9.17) is 4.74 Å². The molecular formula is C18H22N2O3S. The topological polar surface area (TPSA) is 67.4 Å². The second-order valence-corrected chi connectivity index (χ2v) is 6.65. The van der Waals surface area contributed by atoms with E-state index in [1.165, 1.54) is 11.3 Å². The second kappa shape index (κ2) is 8.49. The number of carbonyl (C=O) groups excluding carboxylic acids is 2. The number of thiophene rings is 1. The first kappa shape index (κ1) is 18.0. The van der Waals surface area contributed by atoms with Gasteiger partial charge in [-0.25, -0.2) is 0 Å². The number of hydrogen-bond donors (Lipinski definition) is 2. The summed E-state index contributed by atoms with van der Waals surface area (Å²) in [7, 11) is 1.60. The van der Waals surface area contributed by atoms with Crippen molar-refractivity contribution >= 4 is 23.2 Å². The number of ether oxygens (including phenoxy) is 1. The zero-order valence-electron chi connectivity index (χ0n) is 14.0. The fraction of sp³-hybridized carbons (Fsp3) is 0.333. The van der Waals surface area contributed by atoms with Gasteiger partial charge < -0.3 is 15.4 Å². The van der Waals surface area contributed by atoms with Crippen molar-refractivity contribution in [3.63, 3.8) is 0 Å². The van der Waals surface area contributed by atoms with Crippen molar-refractivity contribution in [2.45, 2.75) is 26.4 Å². The third kappa shape index (κ3) is 4.58. The number of carbonyl (C=O) groups is 2. The Labute approximate surface area is 146 Å². The molecular weight excluding hydrogens is 324 g/mol. The number of benzene rings is 1. The Hall–Kier alpha value is -2.34. The zero-order valence-corrected chi connectivity index (χ0v) is 14.9. The van der Waals surface area contributed by atoms with Crippen molar-refractivity contribution in [2.24, 2.45) is 5.92 Å². The van der Waals surface area contributed by atoms with Crippen LogP contribution in [0.2, 0.25) is 0 Å². The van der Waals surface area contributed by atoms with Crippen molar-refractivity contribution in [3.05, 3.63) is 52.2 Å². The zero-order chi connectivity index (χ0) is 17.5. The van der Waals surface area contributed by atoms with Gasteiger partial charge in [0.2, 0.25) is 5.91 Å². The molecule has 0 bridgehead atoms. The van der Waals surface area contributed by atoms with Gasteiger partial charge in [-0.05, 0) is 23.4 Å². The van der Waals surface area contributed by atoms with Crippen LogP contribution >= 0.6 is 11.3 Å². The molecule has 5 nitrogen and oxygen atoms in total. The fourth-order valence-electron chi connectivity index (χ4n) is 2.30. The summed E-state index contributed by atoms with van der Waals surface area (Å²) >= 11 is 1.35. The molecule has 24 heavy (non-hydrogen) atoms. The average Bonchev–Trinajstić information content (AvgIpc) is 3.12. The Balaban J connectivity index is 2.00. The number of methoxy groups -OCH3 is 1. The average molecular weight is 346 g/mol. The van der Waals surface area contributed by atoms with Crippen LogP contribution in [0.1, 0.15) is 29.1 Å². The monoisotopic (exact) mass is 346 g/mol. The second-order valence-electron chi connectivity index (χ2n) is 5.70. The van der Waals surface area contributed by atoms with Gasteiger partial charge in [-0.2, -0.15) is 0 Å². The first-order valence-electron chi connectivity index (χ1n) is 7.77. The predicted octanol–water partition coefficient (Wildman–Crippen LogP) is 2.83. The maximum absolute atomic E-state index is 12.5. The van der Waals surface area contributed by atoms with E-state index in [2.05, 4.69) is 10.6 Å². The first-order chi connectivity index (χ1) is 11.5. The minimum absolute atomic E-state index is 0.0217. The van der Waals surface area contributed by atoms with Crippen LogP contribution in [0.25, 0.3) is 0 Å². The highest BCUT2D eigenvalue weighted by Gasteiger charge is 2.25. The van der Waals surface area contributed by atoms with Crippen LogP contribution in [0, 0.1) is 5.92 Å². The van der Waals surface area contributed by atoms with Gasteiger partial charge in [-0.15, -0.1) is 11.3 Å². The van der Waals surface area contributed by atoms with E-state index in [0.29, 0.717) is 11.4 Å². The molecule has 0 spiro atoms. The molecule has 1 heterocycles. The number of rotatable bonds is 7. The molecule has 0 aliphatic carbocycles. The third-order valence-electron chi connectivity index (χ3n) is 3.63. The van der Waals surface area contributed by atoms with E-state index >= 15 is 0 Å². The quantitative estimate of drug-likeness (QED) is 0.810. The summed E-state index contributed by atoms with van der Waals surface area (Å²) in [5, 5.41) is 7.52. The molecule has 0 aliphatic heterocycles. The molecule has 0 fully saturated rings. The number of nitrogens with one attached hydrogen (secondary N) is 2. The van der Waals surface area contributed by atoms with Crippen LogP contribution in [-0.4, -0.2) is 25.0 Å². The van der Waals surface area contributed by atoms with Crippen LogP contribution in [-0.2, 0) is 11.3 Å². The molecule has 2 aromatic rings. The summed E-state index contributed by atoms with van der Waals surface area (Å²) < 4.78 is 5.28. The molecule has 0 radical (unpaired) electrons. The summed E-state index contributed by atoms with van der Waals surface area (Å²) in [4.78, 5) is 25.3. The standard InChI is InChI=1S/C18H22N2O3S/c1-12(2)16(20-17(21)15-9-6-10-24-15)18(22)19-11-13-7-4-5-8-14(13)23-3/h4-10,12,16H,11H2,1-3H3,(H,19,22)(H,20,21). The van der Waals surface area contributed by atoms with Crippen molar-refractivity contribution in [2.75, 3.05) is 7.11 Å². The highest BCUT2D eigenvalue weighted by atomic mass is 32.1. The van der Waals surface area contributed by atoms with Crippen LogP contribution in [0.3, 0.4) is 0 Å². The largest absolute Gasteiger partial charge is 0.496 e.